The third-order valence-electron chi connectivity index (χ3n) is 3.53. The molecule has 1 N–H and O–H groups in total. The lowest BCUT2D eigenvalue weighted by Crippen LogP contribution is -2.38. The molecular formula is C16H19NO2. The Morgan fingerprint density at radius 2 is 2.05 bits per heavy atom. The molecule has 100 valence electrons. The normalized spacial score (nSPS) is 15.8. The van der Waals surface area contributed by atoms with Crippen LogP contribution in [-0.2, 0) is 0 Å². The first kappa shape index (κ1) is 13.6. The van der Waals surface area contributed by atoms with Crippen LogP contribution in [0.15, 0.2) is 24.3 Å². The average molecular weight is 257 g/mol. The topological polar surface area (TPSA) is 40.5 Å². The van der Waals surface area contributed by atoms with Gasteiger partial charge in [-0.25, -0.2) is 0 Å². The van der Waals surface area contributed by atoms with Crippen LogP contribution in [0, 0.1) is 17.8 Å². The first-order chi connectivity index (χ1) is 9.22. The van der Waals surface area contributed by atoms with E-state index in [2.05, 4.69) is 18.8 Å². The molecule has 1 heterocycles. The molecule has 19 heavy (non-hydrogen) atoms. The fraction of sp³-hybridized carbons (Fsp3) is 0.438. The highest BCUT2D eigenvalue weighted by Gasteiger charge is 2.22. The van der Waals surface area contributed by atoms with Gasteiger partial charge in [-0.1, -0.05) is 30.9 Å². The van der Waals surface area contributed by atoms with Gasteiger partial charge in [-0.3, -0.25) is 4.79 Å². The number of piperidine rings is 1. The van der Waals surface area contributed by atoms with Crippen molar-refractivity contribution in [2.45, 2.75) is 19.8 Å². The molecule has 1 aliphatic heterocycles. The molecule has 3 nitrogen and oxygen atoms in total. The van der Waals surface area contributed by atoms with Gasteiger partial charge in [0.25, 0.3) is 5.91 Å². The second kappa shape index (κ2) is 6.40. The number of hydrogen-bond acceptors (Lipinski definition) is 2. The Balaban J connectivity index is 2.19. The second-order valence-corrected chi connectivity index (χ2v) is 4.98. The third-order valence-corrected chi connectivity index (χ3v) is 3.53. The largest absolute Gasteiger partial charge is 0.384 e. The van der Waals surface area contributed by atoms with E-state index < -0.39 is 0 Å². The third kappa shape index (κ3) is 3.36. The van der Waals surface area contributed by atoms with E-state index in [9.17, 15) is 4.79 Å². The number of rotatable bonds is 1. The molecule has 0 saturated carbocycles. The van der Waals surface area contributed by atoms with Gasteiger partial charge >= 0.3 is 0 Å². The van der Waals surface area contributed by atoms with Crippen molar-refractivity contribution in [3.8, 4) is 11.8 Å². The summed E-state index contributed by atoms with van der Waals surface area (Å²) in [4.78, 5) is 14.4. The molecule has 0 spiro atoms. The van der Waals surface area contributed by atoms with Crippen LogP contribution in [0.2, 0.25) is 0 Å². The number of aliphatic hydroxyl groups is 1. The maximum absolute atomic E-state index is 12.5. The van der Waals surface area contributed by atoms with Gasteiger partial charge in [-0.15, -0.1) is 0 Å². The maximum Gasteiger partial charge on any atom is 0.255 e. The summed E-state index contributed by atoms with van der Waals surface area (Å²) >= 11 is 0. The number of benzene rings is 1. The van der Waals surface area contributed by atoms with E-state index in [0.717, 1.165) is 25.9 Å². The van der Waals surface area contributed by atoms with Crippen LogP contribution in [0.4, 0.5) is 0 Å². The minimum absolute atomic E-state index is 0.0507. The number of likely N-dealkylation sites (tertiary alicyclic amines) is 1. The number of nitrogens with zero attached hydrogens (tertiary/aromatic N) is 1. The molecule has 0 unspecified atom stereocenters. The van der Waals surface area contributed by atoms with Crippen molar-refractivity contribution in [2.75, 3.05) is 19.7 Å². The van der Waals surface area contributed by atoms with Crippen LogP contribution in [0.5, 0.6) is 0 Å². The molecule has 0 atom stereocenters. The molecule has 0 aromatic heterocycles. The Morgan fingerprint density at radius 1 is 1.37 bits per heavy atom. The second-order valence-electron chi connectivity index (χ2n) is 4.98. The van der Waals surface area contributed by atoms with Crippen LogP contribution in [0.3, 0.4) is 0 Å². The Labute approximate surface area is 114 Å². The highest BCUT2D eigenvalue weighted by molar-refractivity contribution is 5.96. The van der Waals surface area contributed by atoms with Gasteiger partial charge in [0.15, 0.2) is 0 Å². The highest BCUT2D eigenvalue weighted by Crippen LogP contribution is 2.19. The van der Waals surface area contributed by atoms with Gasteiger partial charge < -0.3 is 10.0 Å². The number of hydrogen-bond donors (Lipinski definition) is 1. The lowest BCUT2D eigenvalue weighted by molar-refractivity contribution is 0.0697. The molecule has 1 aromatic carbocycles. The highest BCUT2D eigenvalue weighted by atomic mass is 16.2. The SMILES string of the molecule is CC1CCN(C(=O)c2ccccc2C#CCO)CC1. The van der Waals surface area contributed by atoms with E-state index in [1.807, 2.05) is 29.2 Å². The molecule has 1 amide bonds. The smallest absolute Gasteiger partial charge is 0.255 e. The molecule has 0 aliphatic carbocycles. The van der Waals surface area contributed by atoms with E-state index in [1.54, 1.807) is 0 Å². The monoisotopic (exact) mass is 257 g/mol. The van der Waals surface area contributed by atoms with Gasteiger partial charge in [-0.05, 0) is 30.9 Å². The van der Waals surface area contributed by atoms with E-state index in [-0.39, 0.29) is 12.5 Å². The van der Waals surface area contributed by atoms with Crippen molar-refractivity contribution in [2.24, 2.45) is 5.92 Å². The number of amides is 1. The zero-order valence-corrected chi connectivity index (χ0v) is 11.2. The fourth-order valence-corrected chi connectivity index (χ4v) is 2.30. The van der Waals surface area contributed by atoms with Crippen LogP contribution in [0.1, 0.15) is 35.7 Å². The minimum atomic E-state index is -0.191. The summed E-state index contributed by atoms with van der Waals surface area (Å²) in [5.74, 6) is 6.20. The van der Waals surface area contributed by atoms with Crippen LogP contribution >= 0.6 is 0 Å². The zero-order chi connectivity index (χ0) is 13.7. The van der Waals surface area contributed by atoms with Crippen molar-refractivity contribution in [3.63, 3.8) is 0 Å². The molecule has 1 aromatic rings. The Bertz CT molecular complexity index is 505. The molecule has 3 heteroatoms. The van der Waals surface area contributed by atoms with E-state index >= 15 is 0 Å². The Morgan fingerprint density at radius 3 is 2.74 bits per heavy atom. The molecular weight excluding hydrogens is 238 g/mol. The quantitative estimate of drug-likeness (QED) is 0.781. The van der Waals surface area contributed by atoms with Gasteiger partial charge in [0.1, 0.15) is 6.61 Å². The van der Waals surface area contributed by atoms with Crippen LogP contribution < -0.4 is 0 Å². The molecule has 0 radical (unpaired) electrons. The maximum atomic E-state index is 12.5. The van der Waals surface area contributed by atoms with Crippen molar-refractivity contribution in [3.05, 3.63) is 35.4 Å². The van der Waals surface area contributed by atoms with Crippen LogP contribution in [-0.4, -0.2) is 35.6 Å². The molecule has 0 bridgehead atoms. The van der Waals surface area contributed by atoms with Crippen LogP contribution in [0.25, 0.3) is 0 Å². The van der Waals surface area contributed by atoms with Gasteiger partial charge in [-0.2, -0.15) is 0 Å². The summed E-state index contributed by atoms with van der Waals surface area (Å²) in [6.07, 6.45) is 2.13. The summed E-state index contributed by atoms with van der Waals surface area (Å²) in [6.45, 7) is 3.68. The number of aliphatic hydroxyl groups excluding tert-OH is 1. The van der Waals surface area contributed by atoms with Crippen molar-refractivity contribution >= 4 is 5.91 Å². The average Bonchev–Trinajstić information content (AvgIpc) is 2.45. The van der Waals surface area contributed by atoms with E-state index in [0.29, 0.717) is 17.0 Å². The molecule has 2 rings (SSSR count). The van der Waals surface area contributed by atoms with Gasteiger partial charge in [0, 0.05) is 18.7 Å². The number of carbonyl (C=O) groups is 1. The van der Waals surface area contributed by atoms with Crippen molar-refractivity contribution in [1.82, 2.24) is 4.90 Å². The van der Waals surface area contributed by atoms with E-state index in [1.165, 1.54) is 0 Å². The first-order valence-corrected chi connectivity index (χ1v) is 6.70. The Kier molecular flexibility index (Phi) is 4.59. The first-order valence-electron chi connectivity index (χ1n) is 6.70. The summed E-state index contributed by atoms with van der Waals surface area (Å²) in [5, 5.41) is 8.77. The van der Waals surface area contributed by atoms with Gasteiger partial charge in [0.05, 0.1) is 5.56 Å². The minimum Gasteiger partial charge on any atom is -0.384 e. The molecule has 1 saturated heterocycles. The van der Waals surface area contributed by atoms with Crippen molar-refractivity contribution < 1.29 is 9.90 Å². The summed E-state index contributed by atoms with van der Waals surface area (Å²) < 4.78 is 0. The fourth-order valence-electron chi connectivity index (χ4n) is 2.30. The summed E-state index contributed by atoms with van der Waals surface area (Å²) in [6, 6.07) is 7.34. The summed E-state index contributed by atoms with van der Waals surface area (Å²) in [5.41, 5.74) is 1.33. The van der Waals surface area contributed by atoms with E-state index in [4.69, 9.17) is 5.11 Å². The number of carbonyl (C=O) groups excluding carboxylic acids is 1. The lowest BCUT2D eigenvalue weighted by Gasteiger charge is -2.30. The lowest BCUT2D eigenvalue weighted by atomic mass is 9.98. The standard InChI is InChI=1S/C16H19NO2/c1-13-8-10-17(11-9-13)16(19)15-7-3-2-5-14(15)6-4-12-18/h2-3,5,7,13,18H,8-12H2,1H3. The van der Waals surface area contributed by atoms with Crippen molar-refractivity contribution in [1.29, 1.82) is 0 Å². The molecule has 1 aliphatic rings. The van der Waals surface area contributed by atoms with Gasteiger partial charge in [0.2, 0.25) is 0 Å². The predicted octanol–water partition coefficient (Wildman–Crippen LogP) is 1.90. The summed E-state index contributed by atoms with van der Waals surface area (Å²) in [7, 11) is 0. The zero-order valence-electron chi connectivity index (χ0n) is 11.2. The molecule has 1 fully saturated rings. The Hall–Kier alpha value is -1.79. The predicted molar refractivity (Wildman–Crippen MR) is 74.7 cm³/mol.